The van der Waals surface area contributed by atoms with Crippen molar-refractivity contribution >= 4 is 17.0 Å². The van der Waals surface area contributed by atoms with Gasteiger partial charge in [0.15, 0.2) is 11.5 Å². The predicted molar refractivity (Wildman–Crippen MR) is 110 cm³/mol. The smallest absolute Gasteiger partial charge is 0.165 e. The first kappa shape index (κ1) is 17.2. The Hall–Kier alpha value is -3.21. The van der Waals surface area contributed by atoms with Gasteiger partial charge in [0.25, 0.3) is 0 Å². The van der Waals surface area contributed by atoms with E-state index >= 15 is 0 Å². The number of aromatic nitrogens is 4. The minimum atomic E-state index is 0.696. The van der Waals surface area contributed by atoms with Gasteiger partial charge < -0.3 is 9.88 Å². The number of benzene rings is 2. The van der Waals surface area contributed by atoms with Crippen LogP contribution in [-0.2, 0) is 13.1 Å². The molecule has 0 radical (unpaired) electrons. The zero-order chi connectivity index (χ0) is 18.6. The number of hydrogen-bond acceptors (Lipinski definition) is 4. The molecule has 4 aromatic rings. The van der Waals surface area contributed by atoms with Crippen LogP contribution < -0.4 is 5.32 Å². The lowest BCUT2D eigenvalue weighted by Gasteiger charge is -2.09. The lowest BCUT2D eigenvalue weighted by molar-refractivity contribution is 0.690. The van der Waals surface area contributed by atoms with Crippen molar-refractivity contribution < 1.29 is 0 Å². The molecular formula is C22H23N5. The van der Waals surface area contributed by atoms with Crippen molar-refractivity contribution in [2.45, 2.75) is 33.4 Å². The molecule has 0 saturated heterocycles. The first-order valence-corrected chi connectivity index (χ1v) is 9.32. The van der Waals surface area contributed by atoms with Crippen molar-refractivity contribution in [1.29, 1.82) is 0 Å². The average Bonchev–Trinajstić information content (AvgIpc) is 3.10. The number of nitrogens with zero attached hydrogens (tertiary/aromatic N) is 4. The Morgan fingerprint density at radius 1 is 0.926 bits per heavy atom. The predicted octanol–water partition coefficient (Wildman–Crippen LogP) is 4.82. The summed E-state index contributed by atoms with van der Waals surface area (Å²) in [5.41, 5.74) is 5.37. The van der Waals surface area contributed by atoms with E-state index in [-0.39, 0.29) is 0 Å². The number of hydrogen-bond donors (Lipinski definition) is 1. The number of anilines is 1. The molecule has 0 saturated carbocycles. The highest BCUT2D eigenvalue weighted by atomic mass is 15.1. The summed E-state index contributed by atoms with van der Waals surface area (Å²) in [5, 5.41) is 3.43. The fourth-order valence-electron chi connectivity index (χ4n) is 3.21. The molecule has 0 bridgehead atoms. The van der Waals surface area contributed by atoms with Gasteiger partial charge in [-0.05, 0) is 30.0 Å². The van der Waals surface area contributed by atoms with Gasteiger partial charge in [-0.1, -0.05) is 61.5 Å². The molecule has 1 N–H and O–H groups in total. The number of imidazole rings is 1. The second kappa shape index (κ2) is 7.58. The molecule has 0 unspecified atom stereocenters. The number of rotatable bonds is 6. The van der Waals surface area contributed by atoms with E-state index in [9.17, 15) is 0 Å². The molecule has 2 heterocycles. The molecule has 2 aromatic heterocycles. The molecule has 0 aliphatic rings. The van der Waals surface area contributed by atoms with Gasteiger partial charge in [0, 0.05) is 13.1 Å². The maximum absolute atomic E-state index is 4.56. The Kier molecular flexibility index (Phi) is 4.83. The van der Waals surface area contributed by atoms with Crippen LogP contribution in [0.25, 0.3) is 22.3 Å². The summed E-state index contributed by atoms with van der Waals surface area (Å²) < 4.78 is 2.09. The second-order valence-corrected chi connectivity index (χ2v) is 6.65. The van der Waals surface area contributed by atoms with E-state index in [1.807, 2.05) is 19.3 Å². The Morgan fingerprint density at radius 2 is 1.67 bits per heavy atom. The normalized spacial score (nSPS) is 11.0. The summed E-state index contributed by atoms with van der Waals surface area (Å²) >= 11 is 0. The average molecular weight is 357 g/mol. The first-order valence-electron chi connectivity index (χ1n) is 9.32. The third-order valence-corrected chi connectivity index (χ3v) is 4.56. The van der Waals surface area contributed by atoms with Crippen LogP contribution in [0.2, 0.25) is 0 Å². The van der Waals surface area contributed by atoms with E-state index in [0.29, 0.717) is 6.54 Å². The molecule has 5 nitrogen and oxygen atoms in total. The highest BCUT2D eigenvalue weighted by molar-refractivity contribution is 5.83. The van der Waals surface area contributed by atoms with Crippen LogP contribution >= 0.6 is 0 Å². The van der Waals surface area contributed by atoms with E-state index < -0.39 is 0 Å². The van der Waals surface area contributed by atoms with Crippen LogP contribution in [0.4, 0.5) is 5.82 Å². The lowest BCUT2D eigenvalue weighted by Crippen LogP contribution is -2.05. The van der Waals surface area contributed by atoms with Crippen LogP contribution in [0, 0.1) is 6.92 Å². The molecule has 0 aliphatic carbocycles. The van der Waals surface area contributed by atoms with Gasteiger partial charge in [0.1, 0.15) is 11.3 Å². The molecular weight excluding hydrogens is 334 g/mol. The maximum Gasteiger partial charge on any atom is 0.165 e. The van der Waals surface area contributed by atoms with E-state index in [2.05, 4.69) is 80.3 Å². The third-order valence-electron chi connectivity index (χ3n) is 4.56. The maximum atomic E-state index is 4.56. The standard InChI is InChI=1S/C22H23N5/c1-3-13-27-15-24-20-21(25-16(2)26-22(20)27)23-14-17-9-11-19(12-10-17)18-7-5-4-6-8-18/h4-12,15H,3,13-14H2,1-2H3,(H,23,25,26). The summed E-state index contributed by atoms with van der Waals surface area (Å²) in [6, 6.07) is 19.0. The van der Waals surface area contributed by atoms with Crippen molar-refractivity contribution in [3.05, 3.63) is 72.3 Å². The summed E-state index contributed by atoms with van der Waals surface area (Å²) in [4.78, 5) is 13.6. The summed E-state index contributed by atoms with van der Waals surface area (Å²) in [6.45, 7) is 5.68. The Bertz CT molecular complexity index is 1040. The van der Waals surface area contributed by atoms with Crippen LogP contribution in [0.1, 0.15) is 24.7 Å². The van der Waals surface area contributed by atoms with E-state index in [0.717, 1.165) is 35.8 Å². The molecule has 0 aliphatic heterocycles. The molecule has 136 valence electrons. The third kappa shape index (κ3) is 3.67. The monoisotopic (exact) mass is 357 g/mol. The van der Waals surface area contributed by atoms with Crippen molar-refractivity contribution in [2.24, 2.45) is 0 Å². The Balaban J connectivity index is 1.53. The van der Waals surface area contributed by atoms with Crippen molar-refractivity contribution in [3.8, 4) is 11.1 Å². The van der Waals surface area contributed by atoms with Gasteiger partial charge in [0.2, 0.25) is 0 Å². The van der Waals surface area contributed by atoms with Gasteiger partial charge in [-0.25, -0.2) is 15.0 Å². The minimum absolute atomic E-state index is 0.696. The summed E-state index contributed by atoms with van der Waals surface area (Å²) in [6.07, 6.45) is 2.90. The van der Waals surface area contributed by atoms with Gasteiger partial charge >= 0.3 is 0 Å². The zero-order valence-electron chi connectivity index (χ0n) is 15.7. The van der Waals surface area contributed by atoms with E-state index in [1.54, 1.807) is 0 Å². The van der Waals surface area contributed by atoms with Crippen molar-refractivity contribution in [3.63, 3.8) is 0 Å². The molecule has 0 atom stereocenters. The molecule has 4 rings (SSSR count). The van der Waals surface area contributed by atoms with Crippen molar-refractivity contribution in [2.75, 3.05) is 5.32 Å². The van der Waals surface area contributed by atoms with Gasteiger partial charge in [-0.15, -0.1) is 0 Å². The molecule has 0 amide bonds. The molecule has 0 spiro atoms. The number of nitrogens with one attached hydrogen (secondary N) is 1. The molecule has 2 aromatic carbocycles. The Morgan fingerprint density at radius 3 is 2.41 bits per heavy atom. The van der Waals surface area contributed by atoms with E-state index in [1.165, 1.54) is 16.7 Å². The van der Waals surface area contributed by atoms with Gasteiger partial charge in [-0.2, -0.15) is 0 Å². The topological polar surface area (TPSA) is 55.6 Å². The summed E-state index contributed by atoms with van der Waals surface area (Å²) in [5.74, 6) is 1.54. The quantitative estimate of drug-likeness (QED) is 0.537. The fraction of sp³-hybridized carbons (Fsp3) is 0.227. The Labute approximate surface area is 159 Å². The fourth-order valence-corrected chi connectivity index (χ4v) is 3.21. The zero-order valence-corrected chi connectivity index (χ0v) is 15.7. The van der Waals surface area contributed by atoms with E-state index in [4.69, 9.17) is 0 Å². The lowest BCUT2D eigenvalue weighted by atomic mass is 10.0. The molecule has 27 heavy (non-hydrogen) atoms. The minimum Gasteiger partial charge on any atom is -0.364 e. The molecule has 5 heteroatoms. The number of fused-ring (bicyclic) bond motifs is 1. The van der Waals surface area contributed by atoms with Crippen molar-refractivity contribution in [1.82, 2.24) is 19.5 Å². The summed E-state index contributed by atoms with van der Waals surface area (Å²) in [7, 11) is 0. The second-order valence-electron chi connectivity index (χ2n) is 6.65. The highest BCUT2D eigenvalue weighted by Crippen LogP contribution is 2.22. The SMILES string of the molecule is CCCn1cnc2c(NCc3ccc(-c4ccccc4)cc3)nc(C)nc21. The van der Waals surface area contributed by atoms with Gasteiger partial charge in [-0.3, -0.25) is 0 Å². The van der Waals surface area contributed by atoms with Crippen LogP contribution in [0.3, 0.4) is 0 Å². The van der Waals surface area contributed by atoms with Crippen LogP contribution in [-0.4, -0.2) is 19.5 Å². The highest BCUT2D eigenvalue weighted by Gasteiger charge is 2.11. The van der Waals surface area contributed by atoms with Gasteiger partial charge in [0.05, 0.1) is 6.33 Å². The first-order chi connectivity index (χ1) is 13.2. The molecule has 0 fully saturated rings. The van der Waals surface area contributed by atoms with Crippen LogP contribution in [0.5, 0.6) is 0 Å². The largest absolute Gasteiger partial charge is 0.364 e. The van der Waals surface area contributed by atoms with Crippen LogP contribution in [0.15, 0.2) is 60.9 Å². The number of aryl methyl sites for hydroxylation is 2.